The fourth-order valence-corrected chi connectivity index (χ4v) is 0.952. The van der Waals surface area contributed by atoms with Gasteiger partial charge in [0.1, 0.15) is 5.78 Å². The lowest BCUT2D eigenvalue weighted by atomic mass is 10.0. The Balaban J connectivity index is 2.54. The van der Waals surface area contributed by atoms with Gasteiger partial charge in [-0.2, -0.15) is 4.80 Å². The smallest absolute Gasteiger partial charge is 0.182 e. The van der Waals surface area contributed by atoms with Crippen molar-refractivity contribution in [2.24, 2.45) is 13.0 Å². The number of ketones is 1. The van der Waals surface area contributed by atoms with Crippen LogP contribution in [0.5, 0.6) is 0 Å². The third-order valence-electron chi connectivity index (χ3n) is 2.04. The summed E-state index contributed by atoms with van der Waals surface area (Å²) in [7, 11) is 1.68. The molecule has 13 heavy (non-hydrogen) atoms. The zero-order valence-corrected chi connectivity index (χ0v) is 8.19. The van der Waals surface area contributed by atoms with Gasteiger partial charge in [0.05, 0.1) is 13.5 Å². The molecule has 1 heterocycles. The second-order valence-corrected chi connectivity index (χ2v) is 3.15. The van der Waals surface area contributed by atoms with E-state index in [0.717, 1.165) is 6.42 Å². The fourth-order valence-electron chi connectivity index (χ4n) is 0.952. The maximum absolute atomic E-state index is 11.4. The van der Waals surface area contributed by atoms with E-state index in [2.05, 4.69) is 15.4 Å². The number of hydrogen-bond donors (Lipinski definition) is 0. The predicted molar refractivity (Wildman–Crippen MR) is 47.0 cm³/mol. The first-order valence-electron chi connectivity index (χ1n) is 4.39. The molecule has 1 aromatic rings. The van der Waals surface area contributed by atoms with Gasteiger partial charge in [-0.3, -0.25) is 4.79 Å². The van der Waals surface area contributed by atoms with Gasteiger partial charge >= 0.3 is 0 Å². The highest BCUT2D eigenvalue weighted by Crippen LogP contribution is 2.04. The molecule has 0 aliphatic heterocycles. The van der Waals surface area contributed by atoms with Crippen molar-refractivity contribution in [3.63, 3.8) is 0 Å². The Kier molecular flexibility index (Phi) is 3.11. The minimum Gasteiger partial charge on any atom is -0.299 e. The van der Waals surface area contributed by atoms with Gasteiger partial charge in [-0.05, 0) is 11.6 Å². The van der Waals surface area contributed by atoms with E-state index in [0.29, 0.717) is 12.2 Å². The Labute approximate surface area is 77.1 Å². The second-order valence-electron chi connectivity index (χ2n) is 3.15. The number of rotatable bonds is 4. The number of carbonyl (C=O) groups excluding carboxylic acids is 1. The molecule has 0 amide bonds. The van der Waals surface area contributed by atoms with E-state index in [1.807, 2.05) is 13.8 Å². The monoisotopic (exact) mass is 182 g/mol. The minimum atomic E-state index is 0.0869. The van der Waals surface area contributed by atoms with Crippen molar-refractivity contribution in [3.8, 4) is 0 Å². The van der Waals surface area contributed by atoms with Crippen LogP contribution in [0, 0.1) is 5.92 Å². The van der Waals surface area contributed by atoms with Gasteiger partial charge in [-0.25, -0.2) is 0 Å². The van der Waals surface area contributed by atoms with Crippen LogP contribution >= 0.6 is 0 Å². The Morgan fingerprint density at radius 2 is 2.31 bits per heavy atom. The van der Waals surface area contributed by atoms with Gasteiger partial charge in [-0.1, -0.05) is 13.8 Å². The summed E-state index contributed by atoms with van der Waals surface area (Å²) in [5.74, 6) is 0.770. The molecule has 0 N–H and O–H groups in total. The maximum atomic E-state index is 11.4. The normalized spacial score (nSPS) is 12.8. The van der Waals surface area contributed by atoms with Crippen LogP contribution in [0.15, 0.2) is 0 Å². The van der Waals surface area contributed by atoms with Crippen molar-refractivity contribution in [1.29, 1.82) is 0 Å². The quantitative estimate of drug-likeness (QED) is 0.675. The van der Waals surface area contributed by atoms with Crippen LogP contribution in [0.25, 0.3) is 0 Å². The van der Waals surface area contributed by atoms with E-state index in [1.54, 1.807) is 7.05 Å². The molecule has 1 rings (SSSR count). The Bertz CT molecular complexity index is 294. The average Bonchev–Trinajstić information content (AvgIpc) is 2.49. The second kappa shape index (κ2) is 4.11. The predicted octanol–water partition coefficient (Wildman–Crippen LogP) is 0.368. The molecule has 0 bridgehead atoms. The first kappa shape index (κ1) is 9.83. The summed E-state index contributed by atoms with van der Waals surface area (Å²) in [6.07, 6.45) is 1.15. The number of hydrogen-bond acceptors (Lipinski definition) is 4. The number of aromatic nitrogens is 4. The lowest BCUT2D eigenvalue weighted by Crippen LogP contribution is -2.13. The summed E-state index contributed by atoms with van der Waals surface area (Å²) in [6.45, 7) is 3.91. The van der Waals surface area contributed by atoms with Gasteiger partial charge < -0.3 is 0 Å². The lowest BCUT2D eigenvalue weighted by Gasteiger charge is -2.03. The SMILES string of the molecule is CCC(C)C(=O)Cc1nnn(C)n1. The van der Waals surface area contributed by atoms with Crippen molar-refractivity contribution < 1.29 is 4.79 Å². The molecule has 5 nitrogen and oxygen atoms in total. The summed E-state index contributed by atoms with van der Waals surface area (Å²) in [4.78, 5) is 12.8. The highest BCUT2D eigenvalue weighted by atomic mass is 16.1. The minimum absolute atomic E-state index is 0.0869. The lowest BCUT2D eigenvalue weighted by molar-refractivity contribution is -0.121. The first-order valence-corrected chi connectivity index (χ1v) is 4.39. The molecule has 0 saturated carbocycles. The Morgan fingerprint density at radius 3 is 2.77 bits per heavy atom. The molecule has 0 spiro atoms. The summed E-state index contributed by atoms with van der Waals surface area (Å²) in [5.41, 5.74) is 0. The molecular weight excluding hydrogens is 168 g/mol. The zero-order chi connectivity index (χ0) is 9.84. The molecule has 0 saturated heterocycles. The summed E-state index contributed by atoms with van der Waals surface area (Å²) < 4.78 is 0. The number of tetrazole rings is 1. The van der Waals surface area contributed by atoms with Crippen LogP contribution in [0.4, 0.5) is 0 Å². The summed E-state index contributed by atoms with van der Waals surface area (Å²) in [6, 6.07) is 0. The Morgan fingerprint density at radius 1 is 1.62 bits per heavy atom. The van der Waals surface area contributed by atoms with Crippen molar-refractivity contribution in [2.45, 2.75) is 26.7 Å². The van der Waals surface area contributed by atoms with Crippen LogP contribution < -0.4 is 0 Å². The van der Waals surface area contributed by atoms with Gasteiger partial charge in [0, 0.05) is 5.92 Å². The summed E-state index contributed by atoms with van der Waals surface area (Å²) >= 11 is 0. The van der Waals surface area contributed by atoms with E-state index >= 15 is 0 Å². The standard InChI is InChI=1S/C8H14N4O/c1-4-6(2)7(13)5-8-9-11-12(3)10-8/h6H,4-5H2,1-3H3. The fraction of sp³-hybridized carbons (Fsp3) is 0.750. The summed E-state index contributed by atoms with van der Waals surface area (Å²) in [5, 5.41) is 11.4. The highest BCUT2D eigenvalue weighted by molar-refractivity contribution is 5.82. The van der Waals surface area contributed by atoms with Crippen molar-refractivity contribution >= 4 is 5.78 Å². The molecular formula is C8H14N4O. The number of carbonyl (C=O) groups is 1. The first-order chi connectivity index (χ1) is 6.13. The van der Waals surface area contributed by atoms with Crippen molar-refractivity contribution in [3.05, 3.63) is 5.82 Å². The molecule has 0 radical (unpaired) electrons. The van der Waals surface area contributed by atoms with Gasteiger partial charge in [0.25, 0.3) is 0 Å². The zero-order valence-electron chi connectivity index (χ0n) is 8.19. The van der Waals surface area contributed by atoms with Crippen LogP contribution in [0.1, 0.15) is 26.1 Å². The molecule has 72 valence electrons. The van der Waals surface area contributed by atoms with E-state index in [4.69, 9.17) is 0 Å². The van der Waals surface area contributed by atoms with E-state index < -0.39 is 0 Å². The number of Topliss-reactive ketones (excluding diaryl/α,β-unsaturated/α-hetero) is 1. The van der Waals surface area contributed by atoms with E-state index in [-0.39, 0.29) is 11.7 Å². The highest BCUT2D eigenvalue weighted by Gasteiger charge is 2.13. The van der Waals surface area contributed by atoms with E-state index in [1.165, 1.54) is 4.80 Å². The third kappa shape index (κ3) is 2.61. The van der Waals surface area contributed by atoms with Gasteiger partial charge in [0.2, 0.25) is 0 Å². The van der Waals surface area contributed by atoms with Crippen LogP contribution in [-0.4, -0.2) is 26.0 Å². The maximum Gasteiger partial charge on any atom is 0.182 e. The molecule has 1 aromatic heterocycles. The molecule has 1 atom stereocenters. The molecule has 0 aliphatic carbocycles. The molecule has 0 fully saturated rings. The third-order valence-corrected chi connectivity index (χ3v) is 2.04. The van der Waals surface area contributed by atoms with Crippen LogP contribution in [-0.2, 0) is 18.3 Å². The molecule has 0 aromatic carbocycles. The molecule has 1 unspecified atom stereocenters. The topological polar surface area (TPSA) is 60.7 Å². The van der Waals surface area contributed by atoms with Crippen LogP contribution in [0.2, 0.25) is 0 Å². The van der Waals surface area contributed by atoms with Crippen molar-refractivity contribution in [1.82, 2.24) is 20.2 Å². The average molecular weight is 182 g/mol. The van der Waals surface area contributed by atoms with Crippen molar-refractivity contribution in [2.75, 3.05) is 0 Å². The Hall–Kier alpha value is -1.26. The molecule has 0 aliphatic rings. The molecule has 5 heteroatoms. The van der Waals surface area contributed by atoms with Gasteiger partial charge in [-0.15, -0.1) is 10.2 Å². The van der Waals surface area contributed by atoms with Crippen LogP contribution in [0.3, 0.4) is 0 Å². The van der Waals surface area contributed by atoms with E-state index in [9.17, 15) is 4.79 Å². The largest absolute Gasteiger partial charge is 0.299 e. The van der Waals surface area contributed by atoms with Gasteiger partial charge in [0.15, 0.2) is 5.82 Å². The number of aryl methyl sites for hydroxylation is 1. The number of nitrogens with zero attached hydrogens (tertiary/aromatic N) is 4.